The van der Waals surface area contributed by atoms with Gasteiger partial charge in [0.05, 0.1) is 26.3 Å². The molecule has 0 N–H and O–H groups in total. The summed E-state index contributed by atoms with van der Waals surface area (Å²) < 4.78 is 10.1. The Bertz CT molecular complexity index is 442. The summed E-state index contributed by atoms with van der Waals surface area (Å²) in [4.78, 5) is 15.8. The average molecular weight is 278 g/mol. The highest BCUT2D eigenvalue weighted by atomic mass is 16.5. The van der Waals surface area contributed by atoms with Gasteiger partial charge in [0.1, 0.15) is 5.75 Å². The summed E-state index contributed by atoms with van der Waals surface area (Å²) in [6, 6.07) is 8.08. The first kappa shape index (κ1) is 14.7. The first-order valence-corrected chi connectivity index (χ1v) is 6.91. The summed E-state index contributed by atoms with van der Waals surface area (Å²) in [5.74, 6) is 0.771. The molecule has 1 aliphatic rings. The van der Waals surface area contributed by atoms with Gasteiger partial charge < -0.3 is 14.4 Å². The van der Waals surface area contributed by atoms with Gasteiger partial charge in [-0.05, 0) is 12.1 Å². The summed E-state index contributed by atoms with van der Waals surface area (Å²) in [6.45, 7) is 4.57. The number of methoxy groups -OCH3 is 2. The monoisotopic (exact) mass is 278 g/mol. The molecule has 5 heteroatoms. The van der Waals surface area contributed by atoms with E-state index in [1.807, 2.05) is 18.2 Å². The first-order chi connectivity index (χ1) is 9.74. The second-order valence-corrected chi connectivity index (χ2v) is 4.83. The van der Waals surface area contributed by atoms with E-state index < -0.39 is 0 Å². The van der Waals surface area contributed by atoms with Crippen LogP contribution in [0.3, 0.4) is 0 Å². The van der Waals surface area contributed by atoms with Gasteiger partial charge in [-0.25, -0.2) is 0 Å². The van der Waals surface area contributed by atoms with E-state index in [0.717, 1.165) is 44.2 Å². The van der Waals surface area contributed by atoms with Crippen LogP contribution in [0.25, 0.3) is 0 Å². The van der Waals surface area contributed by atoms with Gasteiger partial charge in [0.2, 0.25) is 0 Å². The van der Waals surface area contributed by atoms with Crippen LogP contribution in [0.2, 0.25) is 0 Å². The van der Waals surface area contributed by atoms with Crippen LogP contribution in [0.5, 0.6) is 5.75 Å². The van der Waals surface area contributed by atoms with Crippen LogP contribution in [-0.4, -0.2) is 57.8 Å². The molecule has 0 bridgehead atoms. The zero-order valence-electron chi connectivity index (χ0n) is 12.2. The van der Waals surface area contributed by atoms with E-state index in [9.17, 15) is 4.79 Å². The normalized spacial score (nSPS) is 16.0. The molecule has 1 aliphatic heterocycles. The maximum absolute atomic E-state index is 11.1. The highest BCUT2D eigenvalue weighted by Crippen LogP contribution is 2.28. The van der Waals surface area contributed by atoms with E-state index in [0.29, 0.717) is 6.42 Å². The number of piperazine rings is 1. The van der Waals surface area contributed by atoms with Gasteiger partial charge in [0.25, 0.3) is 0 Å². The lowest BCUT2D eigenvalue weighted by atomic mass is 10.2. The van der Waals surface area contributed by atoms with Crippen molar-refractivity contribution in [1.29, 1.82) is 0 Å². The minimum absolute atomic E-state index is 0.142. The zero-order chi connectivity index (χ0) is 14.4. The van der Waals surface area contributed by atoms with Gasteiger partial charge in [-0.1, -0.05) is 12.1 Å². The molecule has 0 spiro atoms. The number of carbonyl (C=O) groups is 1. The standard InChI is InChI=1S/C15H22N2O3/c1-19-14-6-4-3-5-13(14)17-11-9-16(10-12-17)8-7-15(18)20-2/h3-6H,7-12H2,1-2H3. The summed E-state index contributed by atoms with van der Waals surface area (Å²) in [7, 11) is 3.13. The van der Waals surface area contributed by atoms with E-state index in [2.05, 4.69) is 20.6 Å². The lowest BCUT2D eigenvalue weighted by Gasteiger charge is -2.36. The maximum Gasteiger partial charge on any atom is 0.306 e. The van der Waals surface area contributed by atoms with E-state index in [1.165, 1.54) is 7.11 Å². The van der Waals surface area contributed by atoms with Gasteiger partial charge in [-0.2, -0.15) is 0 Å². The minimum atomic E-state index is -0.142. The van der Waals surface area contributed by atoms with Crippen LogP contribution < -0.4 is 9.64 Å². The largest absolute Gasteiger partial charge is 0.495 e. The van der Waals surface area contributed by atoms with Crippen molar-refractivity contribution in [2.45, 2.75) is 6.42 Å². The van der Waals surface area contributed by atoms with Gasteiger partial charge >= 0.3 is 5.97 Å². The molecule has 1 aromatic rings. The molecular formula is C15H22N2O3. The van der Waals surface area contributed by atoms with Crippen molar-refractivity contribution < 1.29 is 14.3 Å². The van der Waals surface area contributed by atoms with Gasteiger partial charge in [0.15, 0.2) is 0 Å². The summed E-state index contributed by atoms with van der Waals surface area (Å²) in [6.07, 6.45) is 0.463. The number of anilines is 1. The summed E-state index contributed by atoms with van der Waals surface area (Å²) in [5, 5.41) is 0. The molecule has 1 heterocycles. The number of carbonyl (C=O) groups excluding carboxylic acids is 1. The Hall–Kier alpha value is -1.75. The molecule has 20 heavy (non-hydrogen) atoms. The number of hydrogen-bond acceptors (Lipinski definition) is 5. The van der Waals surface area contributed by atoms with Crippen molar-refractivity contribution in [2.24, 2.45) is 0 Å². The third kappa shape index (κ3) is 3.63. The number of ether oxygens (including phenoxy) is 2. The Morgan fingerprint density at radius 2 is 1.85 bits per heavy atom. The van der Waals surface area contributed by atoms with Crippen LogP contribution in [0.4, 0.5) is 5.69 Å². The lowest BCUT2D eigenvalue weighted by Crippen LogP contribution is -2.47. The number of benzene rings is 1. The molecule has 0 saturated carbocycles. The van der Waals surface area contributed by atoms with Gasteiger partial charge in [0, 0.05) is 32.7 Å². The quantitative estimate of drug-likeness (QED) is 0.761. The fourth-order valence-corrected chi connectivity index (χ4v) is 2.45. The van der Waals surface area contributed by atoms with Crippen LogP contribution in [0.1, 0.15) is 6.42 Å². The molecule has 0 amide bonds. The number of esters is 1. The Balaban J connectivity index is 1.86. The topological polar surface area (TPSA) is 42.0 Å². The van der Waals surface area contributed by atoms with Crippen molar-refractivity contribution in [3.05, 3.63) is 24.3 Å². The van der Waals surface area contributed by atoms with Crippen molar-refractivity contribution >= 4 is 11.7 Å². The molecule has 2 rings (SSSR count). The SMILES string of the molecule is COC(=O)CCN1CCN(c2ccccc2OC)CC1. The van der Waals surface area contributed by atoms with Crippen LogP contribution in [0.15, 0.2) is 24.3 Å². The van der Waals surface area contributed by atoms with Gasteiger partial charge in [-0.3, -0.25) is 9.69 Å². The van der Waals surface area contributed by atoms with E-state index in [4.69, 9.17) is 4.74 Å². The van der Waals surface area contributed by atoms with E-state index >= 15 is 0 Å². The molecule has 0 aromatic heterocycles. The van der Waals surface area contributed by atoms with Crippen LogP contribution in [-0.2, 0) is 9.53 Å². The molecule has 0 radical (unpaired) electrons. The first-order valence-electron chi connectivity index (χ1n) is 6.91. The second-order valence-electron chi connectivity index (χ2n) is 4.83. The Morgan fingerprint density at radius 3 is 2.50 bits per heavy atom. The molecule has 1 fully saturated rings. The van der Waals surface area contributed by atoms with Crippen molar-refractivity contribution in [3.63, 3.8) is 0 Å². The Kier molecular flexibility index (Phi) is 5.24. The molecular weight excluding hydrogens is 256 g/mol. The lowest BCUT2D eigenvalue weighted by molar-refractivity contribution is -0.141. The number of rotatable bonds is 5. The third-order valence-corrected chi connectivity index (χ3v) is 3.66. The van der Waals surface area contributed by atoms with Crippen molar-refractivity contribution in [2.75, 3.05) is 51.8 Å². The molecule has 0 atom stereocenters. The molecule has 0 unspecified atom stereocenters. The molecule has 1 aromatic carbocycles. The van der Waals surface area contributed by atoms with E-state index in [-0.39, 0.29) is 5.97 Å². The summed E-state index contributed by atoms with van der Waals surface area (Å²) >= 11 is 0. The Labute approximate surface area is 120 Å². The highest BCUT2D eigenvalue weighted by molar-refractivity contribution is 5.69. The van der Waals surface area contributed by atoms with Crippen molar-refractivity contribution in [3.8, 4) is 5.75 Å². The predicted molar refractivity (Wildman–Crippen MR) is 78.3 cm³/mol. The maximum atomic E-state index is 11.1. The highest BCUT2D eigenvalue weighted by Gasteiger charge is 2.19. The van der Waals surface area contributed by atoms with Crippen molar-refractivity contribution in [1.82, 2.24) is 4.90 Å². The van der Waals surface area contributed by atoms with E-state index in [1.54, 1.807) is 7.11 Å². The average Bonchev–Trinajstić information content (AvgIpc) is 2.53. The number of para-hydroxylation sites is 2. The summed E-state index contributed by atoms with van der Waals surface area (Å²) in [5.41, 5.74) is 1.14. The molecule has 5 nitrogen and oxygen atoms in total. The van der Waals surface area contributed by atoms with Crippen LogP contribution >= 0.6 is 0 Å². The Morgan fingerprint density at radius 1 is 1.15 bits per heavy atom. The molecule has 0 aliphatic carbocycles. The molecule has 110 valence electrons. The number of nitrogens with zero attached hydrogens (tertiary/aromatic N) is 2. The van der Waals surface area contributed by atoms with Crippen LogP contribution in [0, 0.1) is 0 Å². The second kappa shape index (κ2) is 7.14. The fraction of sp³-hybridized carbons (Fsp3) is 0.533. The minimum Gasteiger partial charge on any atom is -0.495 e. The third-order valence-electron chi connectivity index (χ3n) is 3.66. The smallest absolute Gasteiger partial charge is 0.306 e. The number of hydrogen-bond donors (Lipinski definition) is 0. The van der Waals surface area contributed by atoms with Gasteiger partial charge in [-0.15, -0.1) is 0 Å². The predicted octanol–water partition coefficient (Wildman–Crippen LogP) is 1.38. The molecule has 1 saturated heterocycles. The zero-order valence-corrected chi connectivity index (χ0v) is 12.2. The fourth-order valence-electron chi connectivity index (χ4n) is 2.45.